The number of anilines is 1. The summed E-state index contributed by atoms with van der Waals surface area (Å²) in [6.45, 7) is -0.112. The number of carbonyl (C=O) groups excluding carboxylic acids is 1. The van der Waals surface area contributed by atoms with Crippen LogP contribution in [0.4, 0.5) is 5.69 Å². The molecule has 2 aromatic rings. The summed E-state index contributed by atoms with van der Waals surface area (Å²) in [7, 11) is 0. The fourth-order valence-corrected chi connectivity index (χ4v) is 2.20. The van der Waals surface area contributed by atoms with Gasteiger partial charge in [-0.05, 0) is 36.4 Å². The topological polar surface area (TPSA) is 38.3 Å². The lowest BCUT2D eigenvalue weighted by atomic mass is 10.3. The van der Waals surface area contributed by atoms with Crippen LogP contribution in [-0.2, 0) is 4.79 Å². The van der Waals surface area contributed by atoms with Gasteiger partial charge in [0, 0.05) is 9.50 Å². The van der Waals surface area contributed by atoms with Crippen molar-refractivity contribution in [2.45, 2.75) is 0 Å². The number of amides is 1. The standard InChI is InChI=1S/C14H10BrCl2NO2/c15-9-2-1-3-11(6-9)20-8-14(19)18-13-7-10(16)4-5-12(13)17/h1-7H,8H2,(H,18,19). The summed E-state index contributed by atoms with van der Waals surface area (Å²) in [5, 5.41) is 3.56. The largest absolute Gasteiger partial charge is 0.484 e. The number of hydrogen-bond acceptors (Lipinski definition) is 2. The molecule has 1 N–H and O–H groups in total. The Kier molecular flexibility index (Phi) is 5.29. The Hall–Kier alpha value is -1.23. The van der Waals surface area contributed by atoms with Gasteiger partial charge in [0.1, 0.15) is 5.75 Å². The molecule has 0 heterocycles. The summed E-state index contributed by atoms with van der Waals surface area (Å²) in [5.74, 6) is 0.292. The average molecular weight is 375 g/mol. The molecule has 0 aliphatic carbocycles. The predicted octanol–water partition coefficient (Wildman–Crippen LogP) is 4.77. The van der Waals surface area contributed by atoms with Gasteiger partial charge in [0.2, 0.25) is 0 Å². The Balaban J connectivity index is 1.94. The maximum absolute atomic E-state index is 11.8. The molecule has 104 valence electrons. The number of rotatable bonds is 4. The SMILES string of the molecule is O=C(COc1cccc(Br)c1)Nc1cc(Cl)ccc1Cl. The van der Waals surface area contributed by atoms with E-state index >= 15 is 0 Å². The molecule has 0 radical (unpaired) electrons. The van der Waals surface area contributed by atoms with E-state index < -0.39 is 0 Å². The number of hydrogen-bond donors (Lipinski definition) is 1. The molecule has 6 heteroatoms. The van der Waals surface area contributed by atoms with E-state index in [2.05, 4.69) is 21.2 Å². The molecule has 0 fully saturated rings. The Bertz CT molecular complexity index is 634. The summed E-state index contributed by atoms with van der Waals surface area (Å²) < 4.78 is 6.26. The second kappa shape index (κ2) is 6.97. The molecular weight excluding hydrogens is 365 g/mol. The molecule has 0 aliphatic rings. The maximum atomic E-state index is 11.8. The minimum Gasteiger partial charge on any atom is -0.484 e. The zero-order valence-corrected chi connectivity index (χ0v) is 13.3. The van der Waals surface area contributed by atoms with Crippen molar-refractivity contribution in [2.24, 2.45) is 0 Å². The van der Waals surface area contributed by atoms with Gasteiger partial charge >= 0.3 is 0 Å². The zero-order valence-electron chi connectivity index (χ0n) is 10.2. The molecule has 0 aliphatic heterocycles. The van der Waals surface area contributed by atoms with Crippen LogP contribution in [0.5, 0.6) is 5.75 Å². The second-order valence-electron chi connectivity index (χ2n) is 3.92. The van der Waals surface area contributed by atoms with Gasteiger partial charge in [0.15, 0.2) is 6.61 Å². The Morgan fingerprint density at radius 2 is 2.00 bits per heavy atom. The minimum atomic E-state index is -0.311. The summed E-state index contributed by atoms with van der Waals surface area (Å²) in [4.78, 5) is 11.8. The van der Waals surface area contributed by atoms with Gasteiger partial charge in [-0.3, -0.25) is 4.79 Å². The van der Waals surface area contributed by atoms with Gasteiger partial charge in [-0.2, -0.15) is 0 Å². The van der Waals surface area contributed by atoms with E-state index in [1.165, 1.54) is 0 Å². The van der Waals surface area contributed by atoms with Gasteiger partial charge in [0.25, 0.3) is 5.91 Å². The number of nitrogens with one attached hydrogen (secondary N) is 1. The van der Waals surface area contributed by atoms with Crippen molar-refractivity contribution in [3.05, 3.63) is 57.0 Å². The van der Waals surface area contributed by atoms with Gasteiger partial charge in [-0.1, -0.05) is 45.2 Å². The quantitative estimate of drug-likeness (QED) is 0.836. The van der Waals surface area contributed by atoms with Crippen molar-refractivity contribution in [3.63, 3.8) is 0 Å². The highest BCUT2D eigenvalue weighted by molar-refractivity contribution is 9.10. The van der Waals surface area contributed by atoms with E-state index in [0.29, 0.717) is 21.5 Å². The van der Waals surface area contributed by atoms with Crippen LogP contribution in [0.15, 0.2) is 46.9 Å². The normalized spacial score (nSPS) is 10.2. The highest BCUT2D eigenvalue weighted by Crippen LogP contribution is 2.25. The van der Waals surface area contributed by atoms with Crippen LogP contribution < -0.4 is 10.1 Å². The fraction of sp³-hybridized carbons (Fsp3) is 0.0714. The van der Waals surface area contributed by atoms with Gasteiger partial charge in [0.05, 0.1) is 10.7 Å². The lowest BCUT2D eigenvalue weighted by Gasteiger charge is -2.09. The summed E-state index contributed by atoms with van der Waals surface area (Å²) in [5.41, 5.74) is 0.460. The van der Waals surface area contributed by atoms with Crippen LogP contribution in [0.1, 0.15) is 0 Å². The summed E-state index contributed by atoms with van der Waals surface area (Å²) in [6.07, 6.45) is 0. The van der Waals surface area contributed by atoms with Gasteiger partial charge in [-0.25, -0.2) is 0 Å². The Morgan fingerprint density at radius 1 is 1.20 bits per heavy atom. The molecule has 0 atom stereocenters. The van der Waals surface area contributed by atoms with E-state index in [4.69, 9.17) is 27.9 Å². The molecule has 0 spiro atoms. The monoisotopic (exact) mass is 373 g/mol. The predicted molar refractivity (Wildman–Crippen MR) is 84.7 cm³/mol. The lowest BCUT2D eigenvalue weighted by molar-refractivity contribution is -0.118. The average Bonchev–Trinajstić information content (AvgIpc) is 2.41. The Morgan fingerprint density at radius 3 is 2.75 bits per heavy atom. The van der Waals surface area contributed by atoms with Crippen LogP contribution in [-0.4, -0.2) is 12.5 Å². The van der Waals surface area contributed by atoms with E-state index in [0.717, 1.165) is 4.47 Å². The van der Waals surface area contributed by atoms with Crippen LogP contribution in [0, 0.1) is 0 Å². The number of benzene rings is 2. The fourth-order valence-electron chi connectivity index (χ4n) is 1.49. The molecule has 0 unspecified atom stereocenters. The van der Waals surface area contributed by atoms with E-state index in [9.17, 15) is 4.79 Å². The first-order valence-corrected chi connectivity index (χ1v) is 7.23. The molecule has 0 bridgehead atoms. The van der Waals surface area contributed by atoms with E-state index in [1.54, 1.807) is 30.3 Å². The maximum Gasteiger partial charge on any atom is 0.262 e. The number of halogens is 3. The zero-order chi connectivity index (χ0) is 14.5. The highest BCUT2D eigenvalue weighted by Gasteiger charge is 2.07. The summed E-state index contributed by atoms with van der Waals surface area (Å²) in [6, 6.07) is 12.1. The third-order valence-electron chi connectivity index (χ3n) is 2.37. The van der Waals surface area contributed by atoms with Gasteiger partial charge < -0.3 is 10.1 Å². The van der Waals surface area contributed by atoms with E-state index in [-0.39, 0.29) is 12.5 Å². The van der Waals surface area contributed by atoms with Crippen molar-refractivity contribution in [1.82, 2.24) is 0 Å². The first kappa shape index (κ1) is 15.2. The first-order chi connectivity index (χ1) is 9.54. The Labute approximate surface area is 135 Å². The number of ether oxygens (including phenoxy) is 1. The molecule has 2 rings (SSSR count). The first-order valence-electron chi connectivity index (χ1n) is 5.68. The molecule has 3 nitrogen and oxygen atoms in total. The van der Waals surface area contributed by atoms with Crippen molar-refractivity contribution in [1.29, 1.82) is 0 Å². The molecule has 0 saturated carbocycles. The molecule has 20 heavy (non-hydrogen) atoms. The van der Waals surface area contributed by atoms with Crippen LogP contribution >= 0.6 is 39.1 Å². The molecular formula is C14H10BrCl2NO2. The van der Waals surface area contributed by atoms with Crippen molar-refractivity contribution >= 4 is 50.7 Å². The second-order valence-corrected chi connectivity index (χ2v) is 5.68. The molecule has 0 saturated heterocycles. The lowest BCUT2D eigenvalue weighted by Crippen LogP contribution is -2.20. The minimum absolute atomic E-state index is 0.112. The van der Waals surface area contributed by atoms with Crippen molar-refractivity contribution < 1.29 is 9.53 Å². The van der Waals surface area contributed by atoms with Crippen LogP contribution in [0.3, 0.4) is 0 Å². The highest BCUT2D eigenvalue weighted by atomic mass is 79.9. The smallest absolute Gasteiger partial charge is 0.262 e. The van der Waals surface area contributed by atoms with Crippen molar-refractivity contribution in [3.8, 4) is 5.75 Å². The molecule has 2 aromatic carbocycles. The van der Waals surface area contributed by atoms with E-state index in [1.807, 2.05) is 12.1 Å². The third-order valence-corrected chi connectivity index (χ3v) is 3.43. The van der Waals surface area contributed by atoms with Crippen LogP contribution in [0.25, 0.3) is 0 Å². The summed E-state index contributed by atoms with van der Waals surface area (Å²) >= 11 is 15.1. The van der Waals surface area contributed by atoms with Gasteiger partial charge in [-0.15, -0.1) is 0 Å². The molecule has 1 amide bonds. The van der Waals surface area contributed by atoms with Crippen molar-refractivity contribution in [2.75, 3.05) is 11.9 Å². The third kappa shape index (κ3) is 4.40. The van der Waals surface area contributed by atoms with Crippen LogP contribution in [0.2, 0.25) is 10.0 Å². The molecule has 0 aromatic heterocycles. The number of carbonyl (C=O) groups is 1.